The van der Waals surface area contributed by atoms with Gasteiger partial charge >= 0.3 is 0 Å². The fraction of sp³-hybridized carbons (Fsp3) is 0.250. The molecule has 0 saturated carbocycles. The summed E-state index contributed by atoms with van der Waals surface area (Å²) in [5, 5.41) is 8.36. The zero-order valence-corrected chi connectivity index (χ0v) is 12.0. The lowest BCUT2D eigenvalue weighted by Crippen LogP contribution is -2.18. The highest BCUT2D eigenvalue weighted by molar-refractivity contribution is 9.10. The van der Waals surface area contributed by atoms with Crippen LogP contribution in [0.4, 0.5) is 0 Å². The highest BCUT2D eigenvalue weighted by Gasteiger charge is 2.15. The summed E-state index contributed by atoms with van der Waals surface area (Å²) in [4.78, 5) is 0. The lowest BCUT2D eigenvalue weighted by molar-refractivity contribution is 0.642. The van der Waals surface area contributed by atoms with Gasteiger partial charge in [0.25, 0.3) is 0 Å². The first kappa shape index (κ1) is 12.6. The van der Waals surface area contributed by atoms with Gasteiger partial charge in [-0.1, -0.05) is 17.7 Å². The Morgan fingerprint density at radius 1 is 1.41 bits per heavy atom. The van der Waals surface area contributed by atoms with E-state index >= 15 is 0 Å². The Morgan fingerprint density at radius 3 is 2.71 bits per heavy atom. The Hall–Kier alpha value is -0.840. The molecule has 1 aromatic carbocycles. The van der Waals surface area contributed by atoms with Crippen LogP contribution in [-0.2, 0) is 7.05 Å². The fourth-order valence-corrected chi connectivity index (χ4v) is 2.20. The Kier molecular flexibility index (Phi) is 3.86. The van der Waals surface area contributed by atoms with E-state index in [1.165, 1.54) is 0 Å². The molecule has 17 heavy (non-hydrogen) atoms. The fourth-order valence-electron chi connectivity index (χ4n) is 1.76. The van der Waals surface area contributed by atoms with Crippen LogP contribution in [0.5, 0.6) is 0 Å². The summed E-state index contributed by atoms with van der Waals surface area (Å²) in [6, 6.07) is 7.98. The third kappa shape index (κ3) is 2.70. The first-order chi connectivity index (χ1) is 8.11. The Morgan fingerprint density at radius 2 is 2.18 bits per heavy atom. The van der Waals surface area contributed by atoms with Crippen molar-refractivity contribution in [3.05, 3.63) is 51.2 Å². The molecule has 90 valence electrons. The number of aromatic nitrogens is 2. The van der Waals surface area contributed by atoms with Gasteiger partial charge < -0.3 is 5.32 Å². The van der Waals surface area contributed by atoms with Crippen LogP contribution in [0, 0.1) is 0 Å². The maximum atomic E-state index is 6.11. The molecule has 3 nitrogen and oxygen atoms in total. The van der Waals surface area contributed by atoms with Crippen molar-refractivity contribution in [2.24, 2.45) is 7.05 Å². The van der Waals surface area contributed by atoms with Gasteiger partial charge in [0.15, 0.2) is 0 Å². The molecule has 2 aromatic rings. The van der Waals surface area contributed by atoms with Crippen LogP contribution in [-0.4, -0.2) is 16.8 Å². The van der Waals surface area contributed by atoms with Gasteiger partial charge in [-0.3, -0.25) is 4.68 Å². The highest BCUT2D eigenvalue weighted by Crippen LogP contribution is 2.28. The average Bonchev–Trinajstić information content (AvgIpc) is 2.71. The Balaban J connectivity index is 2.38. The summed E-state index contributed by atoms with van der Waals surface area (Å²) in [5.41, 5.74) is 2.08. The summed E-state index contributed by atoms with van der Waals surface area (Å²) >= 11 is 9.50. The van der Waals surface area contributed by atoms with E-state index in [1.54, 1.807) is 4.68 Å². The molecule has 0 bridgehead atoms. The van der Waals surface area contributed by atoms with Gasteiger partial charge in [0.1, 0.15) is 0 Å². The lowest BCUT2D eigenvalue weighted by atomic mass is 10.0. The van der Waals surface area contributed by atoms with Gasteiger partial charge in [0, 0.05) is 17.7 Å². The smallest absolute Gasteiger partial charge is 0.0839 e. The van der Waals surface area contributed by atoms with Crippen molar-refractivity contribution < 1.29 is 0 Å². The molecule has 5 heteroatoms. The zero-order valence-electron chi connectivity index (χ0n) is 9.61. The molecule has 1 heterocycles. The molecule has 1 unspecified atom stereocenters. The number of nitrogens with one attached hydrogen (secondary N) is 1. The van der Waals surface area contributed by atoms with E-state index < -0.39 is 0 Å². The zero-order chi connectivity index (χ0) is 12.4. The predicted octanol–water partition coefficient (Wildman–Crippen LogP) is 3.14. The quantitative estimate of drug-likeness (QED) is 0.943. The number of rotatable bonds is 3. The number of hydrogen-bond donors (Lipinski definition) is 1. The topological polar surface area (TPSA) is 29.9 Å². The van der Waals surface area contributed by atoms with Gasteiger partial charge in [-0.15, -0.1) is 0 Å². The first-order valence-electron chi connectivity index (χ1n) is 5.23. The van der Waals surface area contributed by atoms with Gasteiger partial charge in [0.2, 0.25) is 0 Å². The van der Waals surface area contributed by atoms with Crippen LogP contribution >= 0.6 is 27.5 Å². The summed E-state index contributed by atoms with van der Waals surface area (Å²) in [7, 11) is 3.82. The molecular formula is C12H13BrClN3. The van der Waals surface area contributed by atoms with Crippen LogP contribution in [0.2, 0.25) is 5.02 Å². The molecule has 0 radical (unpaired) electrons. The molecule has 0 aliphatic carbocycles. The number of hydrogen-bond acceptors (Lipinski definition) is 2. The van der Waals surface area contributed by atoms with E-state index in [2.05, 4.69) is 26.3 Å². The number of nitrogens with zero attached hydrogens (tertiary/aromatic N) is 2. The van der Waals surface area contributed by atoms with Crippen molar-refractivity contribution in [2.75, 3.05) is 7.05 Å². The second-order valence-corrected chi connectivity index (χ2v) is 5.07. The highest BCUT2D eigenvalue weighted by atomic mass is 79.9. The molecule has 0 aliphatic rings. The summed E-state index contributed by atoms with van der Waals surface area (Å²) in [6.07, 6.45) is 1.93. The monoisotopic (exact) mass is 313 g/mol. The van der Waals surface area contributed by atoms with Crippen LogP contribution in [0.25, 0.3) is 0 Å². The molecule has 0 spiro atoms. The molecule has 1 aromatic heterocycles. The van der Waals surface area contributed by atoms with Crippen molar-refractivity contribution >= 4 is 27.5 Å². The van der Waals surface area contributed by atoms with Crippen molar-refractivity contribution in [1.29, 1.82) is 0 Å². The molecule has 1 atom stereocenters. The minimum absolute atomic E-state index is 0.0572. The van der Waals surface area contributed by atoms with E-state index in [0.29, 0.717) is 5.02 Å². The van der Waals surface area contributed by atoms with Crippen molar-refractivity contribution in [3.8, 4) is 0 Å². The maximum absolute atomic E-state index is 6.11. The SMILES string of the molecule is CNC(c1ccc(Br)c(Cl)c1)c1ccn(C)n1. The van der Waals surface area contributed by atoms with Crippen molar-refractivity contribution in [2.45, 2.75) is 6.04 Å². The van der Waals surface area contributed by atoms with Crippen LogP contribution < -0.4 is 5.32 Å². The van der Waals surface area contributed by atoms with E-state index in [4.69, 9.17) is 11.6 Å². The molecule has 2 rings (SSSR count). The molecule has 0 aliphatic heterocycles. The standard InChI is InChI=1S/C12H13BrClN3/c1-15-12(11-5-6-17(2)16-11)8-3-4-9(13)10(14)7-8/h3-7,12,15H,1-2H3. The van der Waals surface area contributed by atoms with Gasteiger partial charge in [-0.25, -0.2) is 0 Å². The van der Waals surface area contributed by atoms with E-state index in [-0.39, 0.29) is 6.04 Å². The molecule has 0 saturated heterocycles. The van der Waals surface area contributed by atoms with E-state index in [9.17, 15) is 0 Å². The molecule has 0 fully saturated rings. The third-order valence-corrected chi connectivity index (χ3v) is 3.83. The molecule has 1 N–H and O–H groups in total. The van der Waals surface area contributed by atoms with E-state index in [1.807, 2.05) is 44.6 Å². The van der Waals surface area contributed by atoms with E-state index in [0.717, 1.165) is 15.7 Å². The second kappa shape index (κ2) is 5.21. The lowest BCUT2D eigenvalue weighted by Gasteiger charge is -2.14. The number of halogens is 2. The summed E-state index contributed by atoms with van der Waals surface area (Å²) in [6.45, 7) is 0. The second-order valence-electron chi connectivity index (χ2n) is 3.81. The predicted molar refractivity (Wildman–Crippen MR) is 73.3 cm³/mol. The minimum atomic E-state index is 0.0572. The van der Waals surface area contributed by atoms with Crippen LogP contribution in [0.15, 0.2) is 34.9 Å². The first-order valence-corrected chi connectivity index (χ1v) is 6.40. The summed E-state index contributed by atoms with van der Waals surface area (Å²) < 4.78 is 2.69. The largest absolute Gasteiger partial charge is 0.308 e. The Bertz CT molecular complexity index is 524. The van der Waals surface area contributed by atoms with Crippen LogP contribution in [0.1, 0.15) is 17.3 Å². The number of aryl methyl sites for hydroxylation is 1. The summed E-state index contributed by atoms with van der Waals surface area (Å²) in [5.74, 6) is 0. The number of benzene rings is 1. The molecule has 0 amide bonds. The normalized spacial score (nSPS) is 12.7. The average molecular weight is 315 g/mol. The van der Waals surface area contributed by atoms with Gasteiger partial charge in [-0.2, -0.15) is 5.10 Å². The van der Waals surface area contributed by atoms with Gasteiger partial charge in [-0.05, 0) is 46.7 Å². The van der Waals surface area contributed by atoms with Crippen LogP contribution in [0.3, 0.4) is 0 Å². The third-order valence-electron chi connectivity index (χ3n) is 2.60. The van der Waals surface area contributed by atoms with Crippen molar-refractivity contribution in [1.82, 2.24) is 15.1 Å². The minimum Gasteiger partial charge on any atom is -0.308 e. The molecular weight excluding hydrogens is 302 g/mol. The van der Waals surface area contributed by atoms with Crippen molar-refractivity contribution in [3.63, 3.8) is 0 Å². The van der Waals surface area contributed by atoms with Gasteiger partial charge in [0.05, 0.1) is 16.8 Å². The maximum Gasteiger partial charge on any atom is 0.0839 e. The Labute approximate surface area is 114 Å².